The van der Waals surface area contributed by atoms with Crippen molar-refractivity contribution in [1.29, 1.82) is 0 Å². The van der Waals surface area contributed by atoms with Gasteiger partial charge in [-0.15, -0.1) is 0 Å². The summed E-state index contributed by atoms with van der Waals surface area (Å²) in [6.45, 7) is 0.451. The van der Waals surface area contributed by atoms with Crippen LogP contribution in [0.3, 0.4) is 0 Å². The highest BCUT2D eigenvalue weighted by Crippen LogP contribution is 2.26. The highest BCUT2D eigenvalue weighted by atomic mass is 16.5. The first kappa shape index (κ1) is 20.2. The van der Waals surface area contributed by atoms with Crippen LogP contribution in [0.1, 0.15) is 21.5 Å². The molecule has 0 aliphatic rings. The number of methoxy groups -OCH3 is 1. The summed E-state index contributed by atoms with van der Waals surface area (Å²) in [5.74, 6) is 0.840. The van der Waals surface area contributed by atoms with Crippen molar-refractivity contribution < 1.29 is 14.3 Å². The number of carbonyl (C=O) groups is 1. The van der Waals surface area contributed by atoms with Crippen molar-refractivity contribution in [2.45, 2.75) is 6.61 Å². The molecule has 0 heterocycles. The zero-order valence-electron chi connectivity index (χ0n) is 17.1. The lowest BCUT2D eigenvalue weighted by atomic mass is 10.1. The third-order valence-electron chi connectivity index (χ3n) is 4.84. The largest absolute Gasteiger partial charge is 0.496 e. The minimum Gasteiger partial charge on any atom is -0.496 e. The monoisotopic (exact) mass is 410 g/mol. The number of hydrogen-bond donors (Lipinski definition) is 1. The first-order valence-electron chi connectivity index (χ1n) is 9.90. The van der Waals surface area contributed by atoms with Crippen molar-refractivity contribution in [3.63, 3.8) is 0 Å². The van der Waals surface area contributed by atoms with E-state index in [1.165, 1.54) is 0 Å². The van der Waals surface area contributed by atoms with E-state index in [9.17, 15) is 4.79 Å². The minimum atomic E-state index is -0.346. The van der Waals surface area contributed by atoms with Crippen LogP contribution in [0.5, 0.6) is 11.5 Å². The summed E-state index contributed by atoms with van der Waals surface area (Å²) >= 11 is 0. The number of amides is 1. The normalized spacial score (nSPS) is 10.9. The molecule has 1 N–H and O–H groups in total. The lowest BCUT2D eigenvalue weighted by Crippen LogP contribution is -2.18. The molecule has 0 aliphatic carbocycles. The molecule has 1 amide bonds. The molecule has 0 aliphatic heterocycles. The zero-order chi connectivity index (χ0) is 21.5. The molecule has 0 atom stereocenters. The Labute approximate surface area is 180 Å². The molecule has 0 aromatic heterocycles. The first-order chi connectivity index (χ1) is 15.2. The van der Waals surface area contributed by atoms with E-state index in [2.05, 4.69) is 10.5 Å². The molecule has 0 unspecified atom stereocenters. The number of benzene rings is 4. The second-order valence-corrected chi connectivity index (χ2v) is 6.91. The van der Waals surface area contributed by atoms with E-state index in [4.69, 9.17) is 9.47 Å². The summed E-state index contributed by atoms with van der Waals surface area (Å²) in [6.07, 6.45) is 1.58. The standard InChI is InChI=1S/C26H22N2O3/c1-30-25-16-21-12-6-5-11-20(21)15-23(25)26(29)28-27-17-22-13-7-8-14-24(22)31-18-19-9-3-2-4-10-19/h2-17H,18H2,1H3,(H,28,29). The van der Waals surface area contributed by atoms with Gasteiger partial charge in [0, 0.05) is 5.56 Å². The van der Waals surface area contributed by atoms with Crippen molar-refractivity contribution in [3.05, 3.63) is 108 Å². The van der Waals surface area contributed by atoms with Crippen molar-refractivity contribution in [1.82, 2.24) is 5.43 Å². The maximum Gasteiger partial charge on any atom is 0.275 e. The highest BCUT2D eigenvalue weighted by molar-refractivity contribution is 6.02. The Balaban J connectivity index is 1.48. The van der Waals surface area contributed by atoms with E-state index in [-0.39, 0.29) is 5.91 Å². The summed E-state index contributed by atoms with van der Waals surface area (Å²) in [7, 11) is 1.55. The van der Waals surface area contributed by atoms with Crippen LogP contribution < -0.4 is 14.9 Å². The van der Waals surface area contributed by atoms with Crippen LogP contribution in [0.15, 0.2) is 96.1 Å². The Morgan fingerprint density at radius 1 is 0.871 bits per heavy atom. The van der Waals surface area contributed by atoms with E-state index in [1.54, 1.807) is 19.4 Å². The smallest absolute Gasteiger partial charge is 0.275 e. The van der Waals surface area contributed by atoms with Gasteiger partial charge in [-0.25, -0.2) is 5.43 Å². The van der Waals surface area contributed by atoms with Gasteiger partial charge < -0.3 is 9.47 Å². The fourth-order valence-electron chi connectivity index (χ4n) is 3.24. The molecule has 0 saturated carbocycles. The molecule has 0 fully saturated rings. The van der Waals surface area contributed by atoms with Gasteiger partial charge in [-0.1, -0.05) is 66.7 Å². The molecule has 31 heavy (non-hydrogen) atoms. The first-order valence-corrected chi connectivity index (χ1v) is 9.90. The molecular weight excluding hydrogens is 388 g/mol. The van der Waals surface area contributed by atoms with Gasteiger partial charge in [0.25, 0.3) is 5.91 Å². The second-order valence-electron chi connectivity index (χ2n) is 6.91. The Morgan fingerprint density at radius 2 is 1.55 bits per heavy atom. The van der Waals surface area contributed by atoms with Crippen molar-refractivity contribution in [3.8, 4) is 11.5 Å². The van der Waals surface area contributed by atoms with Gasteiger partial charge in [-0.2, -0.15) is 5.10 Å². The Kier molecular flexibility index (Phi) is 6.24. The predicted molar refractivity (Wildman–Crippen MR) is 123 cm³/mol. The van der Waals surface area contributed by atoms with Crippen LogP contribution in [0.25, 0.3) is 10.8 Å². The summed E-state index contributed by atoms with van der Waals surface area (Å²) in [5, 5.41) is 6.09. The average Bonchev–Trinajstić information content (AvgIpc) is 2.83. The van der Waals surface area contributed by atoms with Gasteiger partial charge in [-0.05, 0) is 40.6 Å². The van der Waals surface area contributed by atoms with Gasteiger partial charge in [0.15, 0.2) is 0 Å². The fourth-order valence-corrected chi connectivity index (χ4v) is 3.24. The molecule has 0 spiro atoms. The third kappa shape index (κ3) is 4.90. The minimum absolute atomic E-state index is 0.346. The van der Waals surface area contributed by atoms with Gasteiger partial charge >= 0.3 is 0 Å². The van der Waals surface area contributed by atoms with Crippen LogP contribution in [0, 0.1) is 0 Å². The van der Waals surface area contributed by atoms with Crippen molar-refractivity contribution in [2.24, 2.45) is 5.10 Å². The van der Waals surface area contributed by atoms with Crippen molar-refractivity contribution >= 4 is 22.9 Å². The van der Waals surface area contributed by atoms with Crippen molar-refractivity contribution in [2.75, 3.05) is 7.11 Å². The SMILES string of the molecule is COc1cc2ccccc2cc1C(=O)NN=Cc1ccccc1OCc1ccccc1. The van der Waals surface area contributed by atoms with Crippen LogP contribution in [0.4, 0.5) is 0 Å². The Bertz CT molecular complexity index is 1220. The number of carbonyl (C=O) groups excluding carboxylic acids is 1. The number of fused-ring (bicyclic) bond motifs is 1. The molecule has 4 aromatic carbocycles. The van der Waals surface area contributed by atoms with E-state index in [0.29, 0.717) is 23.7 Å². The van der Waals surface area contributed by atoms with Crippen LogP contribution >= 0.6 is 0 Å². The second kappa shape index (κ2) is 9.59. The summed E-state index contributed by atoms with van der Waals surface area (Å²) in [4.78, 5) is 12.7. The van der Waals surface area contributed by atoms with Crippen LogP contribution in [0.2, 0.25) is 0 Å². The molecule has 4 rings (SSSR count). The van der Waals surface area contributed by atoms with E-state index >= 15 is 0 Å². The number of hydrogen-bond acceptors (Lipinski definition) is 4. The van der Waals surface area contributed by atoms with Gasteiger partial charge in [0.1, 0.15) is 18.1 Å². The maximum absolute atomic E-state index is 12.7. The summed E-state index contributed by atoms with van der Waals surface area (Å²) < 4.78 is 11.3. The molecule has 4 aromatic rings. The van der Waals surface area contributed by atoms with E-state index < -0.39 is 0 Å². The van der Waals surface area contributed by atoms with Crippen LogP contribution in [-0.4, -0.2) is 19.2 Å². The number of para-hydroxylation sites is 1. The molecule has 0 saturated heterocycles. The van der Waals surface area contributed by atoms with E-state index in [1.807, 2.05) is 84.9 Å². The molecule has 5 nitrogen and oxygen atoms in total. The lowest BCUT2D eigenvalue weighted by molar-refractivity contribution is 0.0952. The average molecular weight is 410 g/mol. The third-order valence-corrected chi connectivity index (χ3v) is 4.84. The molecule has 0 radical (unpaired) electrons. The number of nitrogens with one attached hydrogen (secondary N) is 1. The Morgan fingerprint density at radius 3 is 2.32 bits per heavy atom. The number of ether oxygens (including phenoxy) is 2. The number of hydrazone groups is 1. The van der Waals surface area contributed by atoms with Crippen LogP contribution in [-0.2, 0) is 6.61 Å². The fraction of sp³-hybridized carbons (Fsp3) is 0.0769. The quantitative estimate of drug-likeness (QED) is 0.337. The molecule has 5 heteroatoms. The van der Waals surface area contributed by atoms with Gasteiger partial charge in [0.05, 0.1) is 18.9 Å². The molecule has 0 bridgehead atoms. The van der Waals surface area contributed by atoms with E-state index in [0.717, 1.165) is 21.9 Å². The van der Waals surface area contributed by atoms with Gasteiger partial charge in [0.2, 0.25) is 0 Å². The predicted octanol–water partition coefficient (Wildman–Crippen LogP) is 5.19. The molecule has 154 valence electrons. The summed E-state index contributed by atoms with van der Waals surface area (Å²) in [6, 6.07) is 28.9. The highest BCUT2D eigenvalue weighted by Gasteiger charge is 2.13. The molecular formula is C26H22N2O3. The number of rotatable bonds is 7. The zero-order valence-corrected chi connectivity index (χ0v) is 17.1. The summed E-state index contributed by atoms with van der Waals surface area (Å²) in [5.41, 5.74) is 4.85. The maximum atomic E-state index is 12.7. The Hall–Kier alpha value is -4.12. The number of nitrogens with zero attached hydrogens (tertiary/aromatic N) is 1. The topological polar surface area (TPSA) is 59.9 Å². The lowest BCUT2D eigenvalue weighted by Gasteiger charge is -2.10. The van der Waals surface area contributed by atoms with Gasteiger partial charge in [-0.3, -0.25) is 4.79 Å².